The molecule has 0 unspecified atom stereocenters. The van der Waals surface area contributed by atoms with Gasteiger partial charge in [-0.1, -0.05) is 77.6 Å². The number of nitrogens with zero attached hydrogens (tertiary/aromatic N) is 8. The number of thiazole rings is 2. The van der Waals surface area contributed by atoms with Crippen molar-refractivity contribution in [2.75, 3.05) is 0 Å². The topological polar surface area (TPSA) is 189 Å². The van der Waals surface area contributed by atoms with Gasteiger partial charge in [-0.2, -0.15) is 26.0 Å². The van der Waals surface area contributed by atoms with Crippen molar-refractivity contribution in [2.24, 2.45) is 9.98 Å². The van der Waals surface area contributed by atoms with E-state index in [9.17, 15) is 30.6 Å². The van der Waals surface area contributed by atoms with E-state index in [0.717, 1.165) is 24.1 Å². The van der Waals surface area contributed by atoms with Crippen molar-refractivity contribution < 1.29 is 14.3 Å². The molecular formula is C36H18N8O3S2. The molecule has 1 aliphatic heterocycles. The number of benzene rings is 2. The molecule has 49 heavy (non-hydrogen) atoms. The summed E-state index contributed by atoms with van der Waals surface area (Å²) in [6.07, 6.45) is 4.19. The number of aliphatic imine (C=N–C) groups is 2. The second-order valence-electron chi connectivity index (χ2n) is 11.6. The van der Waals surface area contributed by atoms with E-state index in [1.807, 2.05) is 24.3 Å². The Kier molecular flexibility index (Phi) is 6.97. The minimum absolute atomic E-state index is 0.0231. The van der Waals surface area contributed by atoms with Gasteiger partial charge in [-0.15, -0.1) is 0 Å². The summed E-state index contributed by atoms with van der Waals surface area (Å²) in [5.41, 5.74) is 1.35. The fourth-order valence-electron chi connectivity index (χ4n) is 6.79. The number of nitriles is 4. The van der Waals surface area contributed by atoms with Crippen molar-refractivity contribution in [1.82, 2.24) is 9.97 Å². The van der Waals surface area contributed by atoms with Crippen molar-refractivity contribution in [2.45, 2.75) is 37.7 Å². The largest absolute Gasteiger partial charge is 0.463 e. The fraction of sp³-hybridized carbons (Fsp3) is 0.167. The van der Waals surface area contributed by atoms with E-state index in [1.54, 1.807) is 48.5 Å². The molecule has 0 N–H and O–H groups in total. The highest BCUT2D eigenvalue weighted by Crippen LogP contribution is 2.57. The highest BCUT2D eigenvalue weighted by Gasteiger charge is 2.47. The molecule has 2 aromatic carbocycles. The Morgan fingerprint density at radius 3 is 1.65 bits per heavy atom. The first-order chi connectivity index (χ1) is 23.9. The van der Waals surface area contributed by atoms with Crippen molar-refractivity contribution >= 4 is 67.1 Å². The van der Waals surface area contributed by atoms with Gasteiger partial charge in [0.05, 0.1) is 4.88 Å². The lowest BCUT2D eigenvalue weighted by molar-refractivity contribution is 0.0170. The monoisotopic (exact) mass is 674 g/mol. The molecule has 4 aromatic rings. The lowest BCUT2D eigenvalue weighted by Gasteiger charge is -2.38. The van der Waals surface area contributed by atoms with E-state index in [4.69, 9.17) is 14.7 Å². The van der Waals surface area contributed by atoms with Crippen molar-refractivity contribution in [3.63, 3.8) is 0 Å². The molecule has 0 atom stereocenters. The van der Waals surface area contributed by atoms with Gasteiger partial charge in [0.2, 0.25) is 27.7 Å². The van der Waals surface area contributed by atoms with Gasteiger partial charge in [-0.3, -0.25) is 9.59 Å². The number of carbonyl (C=O) groups excluding carboxylic acids is 2. The van der Waals surface area contributed by atoms with Crippen LogP contribution in [-0.2, 0) is 5.60 Å². The van der Waals surface area contributed by atoms with Crippen molar-refractivity contribution in [1.29, 1.82) is 21.0 Å². The van der Waals surface area contributed by atoms with Gasteiger partial charge in [0.25, 0.3) is 0 Å². The second kappa shape index (κ2) is 11.4. The molecule has 0 saturated heterocycles. The number of hydrogen-bond donors (Lipinski definition) is 0. The number of Topliss-reactive ketones (excluding diaryl/α,β-unsaturated/α-hetero) is 2. The predicted molar refractivity (Wildman–Crippen MR) is 181 cm³/mol. The van der Waals surface area contributed by atoms with Crippen LogP contribution < -0.4 is 4.74 Å². The van der Waals surface area contributed by atoms with Crippen LogP contribution in [0.5, 0.6) is 5.88 Å². The summed E-state index contributed by atoms with van der Waals surface area (Å²) in [7, 11) is 0. The average Bonchev–Trinajstić information content (AvgIpc) is 3.87. The molecule has 1 saturated carbocycles. The summed E-state index contributed by atoms with van der Waals surface area (Å²) < 4.78 is 6.65. The first-order valence-corrected chi connectivity index (χ1v) is 16.8. The van der Waals surface area contributed by atoms with Crippen molar-refractivity contribution in [3.05, 3.63) is 87.6 Å². The van der Waals surface area contributed by atoms with Crippen LogP contribution in [-0.4, -0.2) is 33.0 Å². The summed E-state index contributed by atoms with van der Waals surface area (Å²) in [4.78, 5) is 47.3. The maximum atomic E-state index is 13.6. The third kappa shape index (κ3) is 4.49. The van der Waals surface area contributed by atoms with E-state index in [1.165, 1.54) is 22.7 Å². The summed E-state index contributed by atoms with van der Waals surface area (Å²) >= 11 is 2.42. The standard InChI is InChI=1S/C36H18N8O3S2/c37-14-18(15-38)24-20-8-2-4-10-22(20)28(45)26(24)41-34-43-32-30(48-34)31-33(47-36(32)12-6-1-7-13-36)44-35(49-31)42-27-25(19(16-39)17-40)21-9-3-5-11-23(21)29(27)46/h2-5,8-11H,1,6-7,12-13H2. The molecule has 0 amide bonds. The van der Waals surface area contributed by atoms with Gasteiger partial charge >= 0.3 is 0 Å². The highest BCUT2D eigenvalue weighted by atomic mass is 32.1. The summed E-state index contributed by atoms with van der Waals surface area (Å²) in [5.74, 6) is -0.484. The van der Waals surface area contributed by atoms with E-state index < -0.39 is 17.2 Å². The Labute approximate surface area is 286 Å². The van der Waals surface area contributed by atoms with E-state index in [0.29, 0.717) is 51.5 Å². The van der Waals surface area contributed by atoms with Crippen LogP contribution in [0.3, 0.4) is 0 Å². The number of fused-ring (bicyclic) bond motifs is 6. The fourth-order valence-corrected chi connectivity index (χ4v) is 8.82. The van der Waals surface area contributed by atoms with E-state index in [2.05, 4.69) is 9.98 Å². The van der Waals surface area contributed by atoms with Crippen LogP contribution in [0.2, 0.25) is 0 Å². The maximum Gasteiger partial charge on any atom is 0.236 e. The Bertz CT molecular complexity index is 2470. The number of ketones is 2. The number of allylic oxidation sites excluding steroid dienone is 4. The molecule has 1 spiro atoms. The number of hydrogen-bond acceptors (Lipinski definition) is 13. The number of carbonyl (C=O) groups is 2. The zero-order valence-electron chi connectivity index (χ0n) is 25.3. The molecule has 11 nitrogen and oxygen atoms in total. The lowest BCUT2D eigenvalue weighted by Crippen LogP contribution is -2.38. The Morgan fingerprint density at radius 2 is 1.14 bits per heavy atom. The molecule has 1 fully saturated rings. The number of aromatic nitrogens is 2. The molecule has 3 heterocycles. The van der Waals surface area contributed by atoms with Crippen LogP contribution in [0.15, 0.2) is 69.7 Å². The zero-order chi connectivity index (χ0) is 33.9. The first-order valence-electron chi connectivity index (χ1n) is 15.2. The molecule has 0 bridgehead atoms. The molecule has 0 radical (unpaired) electrons. The number of ether oxygens (including phenoxy) is 1. The van der Waals surface area contributed by atoms with Gasteiger partial charge in [0, 0.05) is 22.3 Å². The molecule has 232 valence electrons. The average molecular weight is 675 g/mol. The Hall–Kier alpha value is -6.38. The number of rotatable bonds is 2. The van der Waals surface area contributed by atoms with Crippen LogP contribution in [0.25, 0.3) is 20.9 Å². The molecule has 2 aromatic heterocycles. The Balaban J connectivity index is 1.28. The summed E-state index contributed by atoms with van der Waals surface area (Å²) in [6, 6.07) is 21.1. The smallest absolute Gasteiger partial charge is 0.236 e. The van der Waals surface area contributed by atoms with Crippen molar-refractivity contribution in [3.8, 4) is 39.9 Å². The zero-order valence-corrected chi connectivity index (χ0v) is 26.9. The van der Waals surface area contributed by atoms with Gasteiger partial charge < -0.3 is 4.74 Å². The van der Waals surface area contributed by atoms with Crippen LogP contribution in [0.4, 0.5) is 10.3 Å². The third-order valence-corrected chi connectivity index (χ3v) is 11.0. The summed E-state index contributed by atoms with van der Waals surface area (Å²) in [6.45, 7) is 0. The summed E-state index contributed by atoms with van der Waals surface area (Å²) in [5, 5.41) is 39.4. The predicted octanol–water partition coefficient (Wildman–Crippen LogP) is 7.36. The minimum Gasteiger partial charge on any atom is -0.463 e. The highest BCUT2D eigenvalue weighted by molar-refractivity contribution is 7.25. The molecule has 8 rings (SSSR count). The van der Waals surface area contributed by atoms with Crippen LogP contribution in [0, 0.1) is 45.3 Å². The third-order valence-electron chi connectivity index (χ3n) is 8.94. The first kappa shape index (κ1) is 30.0. The van der Waals surface area contributed by atoms with Gasteiger partial charge in [-0.05, 0) is 36.8 Å². The minimum atomic E-state index is -0.793. The quantitative estimate of drug-likeness (QED) is 0.196. The second-order valence-corrected chi connectivity index (χ2v) is 13.5. The lowest BCUT2D eigenvalue weighted by atomic mass is 9.81. The maximum absolute atomic E-state index is 13.6. The molecule has 3 aliphatic carbocycles. The SMILES string of the molecule is N#CC(C#N)=C1C(=Nc2nc3c(s2)-c2sc(N=C4C(=O)c5ccccc5C4=C(C#N)C#N)nc2C2(CCCCC2)O3)C(=O)c2ccccc21. The van der Waals surface area contributed by atoms with Crippen LogP contribution in [0.1, 0.15) is 69.6 Å². The van der Waals surface area contributed by atoms with E-state index >= 15 is 0 Å². The molecular weight excluding hydrogens is 657 g/mol. The molecule has 4 aliphatic rings. The van der Waals surface area contributed by atoms with E-state index in [-0.39, 0.29) is 44.0 Å². The van der Waals surface area contributed by atoms with Gasteiger partial charge in [-0.25, -0.2) is 15.0 Å². The van der Waals surface area contributed by atoms with Crippen LogP contribution >= 0.6 is 22.7 Å². The Morgan fingerprint density at radius 1 is 0.673 bits per heavy atom. The van der Waals surface area contributed by atoms with Gasteiger partial charge in [0.1, 0.15) is 57.4 Å². The normalized spacial score (nSPS) is 18.1. The molecule has 13 heteroatoms. The van der Waals surface area contributed by atoms with Gasteiger partial charge in [0.15, 0.2) is 5.60 Å².